The van der Waals surface area contributed by atoms with Crippen molar-refractivity contribution in [1.82, 2.24) is 9.97 Å². The molecule has 0 spiro atoms. The van der Waals surface area contributed by atoms with Crippen molar-refractivity contribution in [3.63, 3.8) is 0 Å². The molecule has 5 nitrogen and oxygen atoms in total. The second-order valence-electron chi connectivity index (χ2n) is 4.98. The molecule has 0 atom stereocenters. The van der Waals surface area contributed by atoms with Crippen molar-refractivity contribution < 1.29 is 17.9 Å². The summed E-state index contributed by atoms with van der Waals surface area (Å²) in [5.74, 6) is 0.197. The van der Waals surface area contributed by atoms with Gasteiger partial charge in [-0.05, 0) is 31.9 Å². The molecule has 0 aliphatic carbocycles. The molecular weight excluding hydrogens is 309 g/mol. The standard InChI is InChI=1S/C15H17F3N4O/c1-9-10(13(19)22-14(20)21-9)5-4-8-23-12-7-3-2-6-11(12)15(16,17)18/h2-3,6-7H,4-5,8H2,1H3,(H4,19,20,21,22). The van der Waals surface area contributed by atoms with Crippen LogP contribution >= 0.6 is 0 Å². The number of nitrogen functional groups attached to an aromatic ring is 2. The van der Waals surface area contributed by atoms with Gasteiger partial charge in [0.15, 0.2) is 0 Å². The zero-order valence-corrected chi connectivity index (χ0v) is 12.5. The van der Waals surface area contributed by atoms with Crippen molar-refractivity contribution in [1.29, 1.82) is 0 Å². The third-order valence-corrected chi connectivity index (χ3v) is 3.28. The molecule has 2 rings (SSSR count). The van der Waals surface area contributed by atoms with Gasteiger partial charge in [0.1, 0.15) is 11.6 Å². The molecular formula is C15H17F3N4O. The molecule has 0 amide bonds. The van der Waals surface area contributed by atoms with Crippen LogP contribution in [0.15, 0.2) is 24.3 Å². The van der Waals surface area contributed by atoms with Crippen molar-refractivity contribution in [3.05, 3.63) is 41.1 Å². The zero-order valence-electron chi connectivity index (χ0n) is 12.5. The summed E-state index contributed by atoms with van der Waals surface area (Å²) < 4.78 is 43.8. The van der Waals surface area contributed by atoms with E-state index in [9.17, 15) is 13.2 Å². The average molecular weight is 326 g/mol. The molecule has 8 heteroatoms. The lowest BCUT2D eigenvalue weighted by atomic mass is 10.1. The highest BCUT2D eigenvalue weighted by Crippen LogP contribution is 2.35. The maximum atomic E-state index is 12.8. The van der Waals surface area contributed by atoms with Crippen LogP contribution in [0, 0.1) is 6.92 Å². The number of hydrogen-bond donors (Lipinski definition) is 2. The maximum absolute atomic E-state index is 12.8. The molecule has 0 unspecified atom stereocenters. The first-order valence-electron chi connectivity index (χ1n) is 6.96. The van der Waals surface area contributed by atoms with Crippen LogP contribution in [-0.2, 0) is 12.6 Å². The van der Waals surface area contributed by atoms with E-state index in [4.69, 9.17) is 16.2 Å². The largest absolute Gasteiger partial charge is 0.493 e. The number of aromatic nitrogens is 2. The second-order valence-corrected chi connectivity index (χ2v) is 4.98. The Morgan fingerprint density at radius 1 is 1.13 bits per heavy atom. The van der Waals surface area contributed by atoms with Crippen LogP contribution in [0.25, 0.3) is 0 Å². The molecule has 1 aromatic carbocycles. The van der Waals surface area contributed by atoms with Gasteiger partial charge in [0, 0.05) is 11.3 Å². The number of aryl methyl sites for hydroxylation is 1. The van der Waals surface area contributed by atoms with Crippen LogP contribution in [0.4, 0.5) is 24.9 Å². The first-order valence-corrected chi connectivity index (χ1v) is 6.96. The maximum Gasteiger partial charge on any atom is 0.419 e. The van der Waals surface area contributed by atoms with Crippen molar-refractivity contribution >= 4 is 11.8 Å². The van der Waals surface area contributed by atoms with Crippen LogP contribution in [0.1, 0.15) is 23.2 Å². The molecule has 124 valence electrons. The number of nitrogens with two attached hydrogens (primary N) is 2. The quantitative estimate of drug-likeness (QED) is 0.825. The highest BCUT2D eigenvalue weighted by atomic mass is 19.4. The number of halogens is 3. The lowest BCUT2D eigenvalue weighted by molar-refractivity contribution is -0.138. The molecule has 1 heterocycles. The van der Waals surface area contributed by atoms with Gasteiger partial charge in [-0.1, -0.05) is 12.1 Å². The summed E-state index contributed by atoms with van der Waals surface area (Å²) in [4.78, 5) is 7.89. The van der Waals surface area contributed by atoms with E-state index in [1.54, 1.807) is 6.92 Å². The lowest BCUT2D eigenvalue weighted by Gasteiger charge is -2.14. The molecule has 0 aliphatic heterocycles. The predicted molar refractivity (Wildman–Crippen MR) is 80.9 cm³/mol. The summed E-state index contributed by atoms with van der Waals surface area (Å²) in [5.41, 5.74) is 11.9. The van der Waals surface area contributed by atoms with E-state index < -0.39 is 11.7 Å². The van der Waals surface area contributed by atoms with E-state index >= 15 is 0 Å². The van der Waals surface area contributed by atoms with E-state index in [-0.39, 0.29) is 24.1 Å². The fourth-order valence-electron chi connectivity index (χ4n) is 2.21. The topological polar surface area (TPSA) is 87.0 Å². The third-order valence-electron chi connectivity index (χ3n) is 3.28. The summed E-state index contributed by atoms with van der Waals surface area (Å²) in [6.45, 7) is 1.87. The van der Waals surface area contributed by atoms with Crippen LogP contribution in [0.5, 0.6) is 5.75 Å². The molecule has 2 aromatic rings. The van der Waals surface area contributed by atoms with E-state index in [1.165, 1.54) is 18.2 Å². The summed E-state index contributed by atoms with van der Waals surface area (Å²) in [6.07, 6.45) is -3.47. The summed E-state index contributed by atoms with van der Waals surface area (Å²) in [7, 11) is 0. The van der Waals surface area contributed by atoms with Gasteiger partial charge >= 0.3 is 6.18 Å². The second kappa shape index (κ2) is 6.72. The fraction of sp³-hybridized carbons (Fsp3) is 0.333. The van der Waals surface area contributed by atoms with Gasteiger partial charge in [-0.2, -0.15) is 18.2 Å². The Hall–Kier alpha value is -2.51. The Morgan fingerprint density at radius 3 is 2.48 bits per heavy atom. The van der Waals surface area contributed by atoms with Gasteiger partial charge in [-0.15, -0.1) is 0 Å². The number of hydrogen-bond acceptors (Lipinski definition) is 5. The van der Waals surface area contributed by atoms with Gasteiger partial charge in [-0.3, -0.25) is 0 Å². The fourth-order valence-corrected chi connectivity index (χ4v) is 2.21. The number of ether oxygens (including phenoxy) is 1. The van der Waals surface area contributed by atoms with E-state index in [0.29, 0.717) is 18.5 Å². The summed E-state index contributed by atoms with van der Waals surface area (Å²) in [5, 5.41) is 0. The predicted octanol–water partition coefficient (Wildman–Crippen LogP) is 2.98. The zero-order chi connectivity index (χ0) is 17.0. The minimum atomic E-state index is -4.44. The Balaban J connectivity index is 1.97. The number of alkyl halides is 3. The minimum absolute atomic E-state index is 0.0964. The molecule has 0 bridgehead atoms. The Bertz CT molecular complexity index is 666. The van der Waals surface area contributed by atoms with E-state index in [0.717, 1.165) is 11.6 Å². The van der Waals surface area contributed by atoms with Gasteiger partial charge in [0.2, 0.25) is 5.95 Å². The molecule has 0 saturated heterocycles. The average Bonchev–Trinajstić information content (AvgIpc) is 2.44. The molecule has 1 aromatic heterocycles. The normalized spacial score (nSPS) is 11.5. The minimum Gasteiger partial charge on any atom is -0.493 e. The number of rotatable bonds is 5. The van der Waals surface area contributed by atoms with Gasteiger partial charge in [0.25, 0.3) is 0 Å². The smallest absolute Gasteiger partial charge is 0.419 e. The number of anilines is 2. The van der Waals surface area contributed by atoms with Crippen LogP contribution in [0.2, 0.25) is 0 Å². The molecule has 0 aliphatic rings. The molecule has 4 N–H and O–H groups in total. The number of para-hydroxylation sites is 1. The molecule has 0 fully saturated rings. The lowest BCUT2D eigenvalue weighted by Crippen LogP contribution is -2.11. The molecule has 0 radical (unpaired) electrons. The van der Waals surface area contributed by atoms with Crippen LogP contribution in [-0.4, -0.2) is 16.6 Å². The summed E-state index contributed by atoms with van der Waals surface area (Å²) in [6, 6.07) is 5.12. The molecule has 23 heavy (non-hydrogen) atoms. The highest BCUT2D eigenvalue weighted by molar-refractivity contribution is 5.45. The molecule has 0 saturated carbocycles. The van der Waals surface area contributed by atoms with Gasteiger partial charge in [0.05, 0.1) is 12.2 Å². The summed E-state index contributed by atoms with van der Waals surface area (Å²) >= 11 is 0. The van der Waals surface area contributed by atoms with Crippen molar-refractivity contribution in [3.8, 4) is 5.75 Å². The third kappa shape index (κ3) is 4.24. The van der Waals surface area contributed by atoms with Crippen molar-refractivity contribution in [2.75, 3.05) is 18.1 Å². The Labute approximate surface area is 131 Å². The van der Waals surface area contributed by atoms with E-state index in [2.05, 4.69) is 9.97 Å². The first kappa shape index (κ1) is 16.9. The van der Waals surface area contributed by atoms with E-state index in [1.807, 2.05) is 0 Å². The van der Waals surface area contributed by atoms with Crippen LogP contribution < -0.4 is 16.2 Å². The van der Waals surface area contributed by atoms with Gasteiger partial charge < -0.3 is 16.2 Å². The van der Waals surface area contributed by atoms with Crippen molar-refractivity contribution in [2.24, 2.45) is 0 Å². The Kier molecular flexibility index (Phi) is 4.92. The number of nitrogens with zero attached hydrogens (tertiary/aromatic N) is 2. The van der Waals surface area contributed by atoms with Crippen LogP contribution in [0.3, 0.4) is 0 Å². The number of benzene rings is 1. The Morgan fingerprint density at radius 2 is 1.83 bits per heavy atom. The van der Waals surface area contributed by atoms with Crippen molar-refractivity contribution in [2.45, 2.75) is 25.9 Å². The highest BCUT2D eigenvalue weighted by Gasteiger charge is 2.33. The first-order chi connectivity index (χ1) is 10.8. The SMILES string of the molecule is Cc1nc(N)nc(N)c1CCCOc1ccccc1C(F)(F)F. The van der Waals surface area contributed by atoms with Gasteiger partial charge in [-0.25, -0.2) is 4.98 Å². The monoisotopic (exact) mass is 326 g/mol.